The number of aliphatic hydroxyl groups is 1. The summed E-state index contributed by atoms with van der Waals surface area (Å²) < 4.78 is 5.37. The first-order valence-electron chi connectivity index (χ1n) is 7.27. The van der Waals surface area contributed by atoms with Gasteiger partial charge in [0.25, 0.3) is 5.91 Å². The van der Waals surface area contributed by atoms with E-state index in [1.165, 1.54) is 0 Å². The molecule has 21 heavy (non-hydrogen) atoms. The molecule has 1 atom stereocenters. The Labute approximate surface area is 125 Å². The molecule has 1 unspecified atom stereocenters. The number of nitrogens with zero attached hydrogens (tertiary/aromatic N) is 1. The van der Waals surface area contributed by atoms with Gasteiger partial charge in [0.15, 0.2) is 0 Å². The fourth-order valence-electron chi connectivity index (χ4n) is 2.48. The first-order valence-corrected chi connectivity index (χ1v) is 7.27. The quantitative estimate of drug-likeness (QED) is 0.860. The molecular formula is C17H21NO3. The lowest BCUT2D eigenvalue weighted by Gasteiger charge is -2.32. The predicted molar refractivity (Wildman–Crippen MR) is 81.0 cm³/mol. The number of piperidine rings is 1. The van der Waals surface area contributed by atoms with Crippen molar-refractivity contribution in [3.8, 4) is 11.8 Å². The number of amides is 1. The van der Waals surface area contributed by atoms with Gasteiger partial charge in [0.05, 0.1) is 18.3 Å². The Morgan fingerprint density at radius 2 is 2.29 bits per heavy atom. The van der Waals surface area contributed by atoms with E-state index in [4.69, 9.17) is 9.84 Å². The van der Waals surface area contributed by atoms with E-state index >= 15 is 0 Å². The maximum atomic E-state index is 12.7. The van der Waals surface area contributed by atoms with Crippen LogP contribution in [0.4, 0.5) is 0 Å². The Morgan fingerprint density at radius 3 is 3.05 bits per heavy atom. The highest BCUT2D eigenvalue weighted by molar-refractivity contribution is 5.96. The van der Waals surface area contributed by atoms with Crippen LogP contribution >= 0.6 is 0 Å². The summed E-state index contributed by atoms with van der Waals surface area (Å²) in [5.41, 5.74) is 1.34. The molecule has 1 amide bonds. The van der Waals surface area contributed by atoms with Gasteiger partial charge in [-0.25, -0.2) is 0 Å². The highest BCUT2D eigenvalue weighted by Gasteiger charge is 2.25. The van der Waals surface area contributed by atoms with Crippen LogP contribution in [0.15, 0.2) is 24.3 Å². The molecule has 1 aromatic rings. The van der Waals surface area contributed by atoms with Gasteiger partial charge in [-0.15, -0.1) is 0 Å². The van der Waals surface area contributed by atoms with Gasteiger partial charge in [0.1, 0.15) is 0 Å². The maximum absolute atomic E-state index is 12.7. The fraction of sp³-hybridized carbons (Fsp3) is 0.471. The maximum Gasteiger partial charge on any atom is 0.255 e. The zero-order valence-corrected chi connectivity index (χ0v) is 12.3. The van der Waals surface area contributed by atoms with Crippen molar-refractivity contribution in [1.29, 1.82) is 0 Å². The number of likely N-dealkylation sites (tertiary alicyclic amines) is 1. The second kappa shape index (κ2) is 7.82. The first-order chi connectivity index (χ1) is 10.3. The average Bonchev–Trinajstić information content (AvgIpc) is 2.55. The van der Waals surface area contributed by atoms with E-state index in [9.17, 15) is 4.79 Å². The second-order valence-corrected chi connectivity index (χ2v) is 5.07. The SMILES string of the molecule is COC1CCCN(C(=O)c2ccccc2C#CCCO)C1. The zero-order valence-electron chi connectivity index (χ0n) is 12.3. The molecule has 4 nitrogen and oxygen atoms in total. The lowest BCUT2D eigenvalue weighted by Crippen LogP contribution is -2.43. The average molecular weight is 287 g/mol. The molecule has 4 heteroatoms. The van der Waals surface area contributed by atoms with Crippen LogP contribution in [0, 0.1) is 11.8 Å². The van der Waals surface area contributed by atoms with Crippen LogP contribution in [0.25, 0.3) is 0 Å². The van der Waals surface area contributed by atoms with Gasteiger partial charge in [0, 0.05) is 32.2 Å². The zero-order chi connectivity index (χ0) is 15.1. The van der Waals surface area contributed by atoms with E-state index in [2.05, 4.69) is 11.8 Å². The number of carbonyl (C=O) groups is 1. The molecule has 0 spiro atoms. The Morgan fingerprint density at radius 1 is 1.48 bits per heavy atom. The molecule has 112 valence electrons. The standard InChI is InChI=1S/C17H21NO3/c1-21-15-9-6-11-18(13-15)17(20)16-10-3-2-7-14(16)8-4-5-12-19/h2-3,7,10,15,19H,5-6,9,11-13H2,1H3. The van der Waals surface area contributed by atoms with Crippen molar-refractivity contribution in [2.24, 2.45) is 0 Å². The highest BCUT2D eigenvalue weighted by Crippen LogP contribution is 2.17. The molecule has 0 bridgehead atoms. The van der Waals surface area contributed by atoms with Crippen LogP contribution in [0.2, 0.25) is 0 Å². The molecule has 1 N–H and O–H groups in total. The van der Waals surface area contributed by atoms with Crippen LogP contribution in [0.1, 0.15) is 35.2 Å². The third-order valence-corrected chi connectivity index (χ3v) is 3.62. The number of benzene rings is 1. The number of methoxy groups -OCH3 is 1. The molecule has 0 saturated carbocycles. The Hall–Kier alpha value is -1.83. The number of aliphatic hydroxyl groups excluding tert-OH is 1. The van der Waals surface area contributed by atoms with Gasteiger partial charge in [-0.1, -0.05) is 24.0 Å². The Bertz CT molecular complexity index is 544. The fourth-order valence-corrected chi connectivity index (χ4v) is 2.48. The van der Waals surface area contributed by atoms with Crippen molar-refractivity contribution < 1.29 is 14.6 Å². The number of ether oxygens (including phenoxy) is 1. The molecule has 1 fully saturated rings. The normalized spacial score (nSPS) is 18.0. The number of hydrogen-bond donors (Lipinski definition) is 1. The van der Waals surface area contributed by atoms with Gasteiger partial charge < -0.3 is 14.7 Å². The van der Waals surface area contributed by atoms with Crippen LogP contribution in [0.3, 0.4) is 0 Å². The molecule has 0 aliphatic carbocycles. The van der Waals surface area contributed by atoms with Gasteiger partial charge in [-0.3, -0.25) is 4.79 Å². The van der Waals surface area contributed by atoms with Crippen molar-refractivity contribution in [2.45, 2.75) is 25.4 Å². The number of hydrogen-bond acceptors (Lipinski definition) is 3. The molecule has 0 radical (unpaired) electrons. The van der Waals surface area contributed by atoms with Crippen LogP contribution in [0.5, 0.6) is 0 Å². The van der Waals surface area contributed by atoms with Gasteiger partial charge in [-0.2, -0.15) is 0 Å². The van der Waals surface area contributed by atoms with Crippen LogP contribution < -0.4 is 0 Å². The van der Waals surface area contributed by atoms with Gasteiger partial charge >= 0.3 is 0 Å². The number of carbonyl (C=O) groups excluding carboxylic acids is 1. The minimum Gasteiger partial charge on any atom is -0.395 e. The third kappa shape index (κ3) is 4.07. The smallest absolute Gasteiger partial charge is 0.255 e. The lowest BCUT2D eigenvalue weighted by atomic mass is 10.0. The van der Waals surface area contributed by atoms with Crippen LogP contribution in [-0.4, -0.2) is 48.8 Å². The van der Waals surface area contributed by atoms with E-state index in [1.54, 1.807) is 7.11 Å². The van der Waals surface area contributed by atoms with E-state index < -0.39 is 0 Å². The van der Waals surface area contributed by atoms with Crippen molar-refractivity contribution in [2.75, 3.05) is 26.8 Å². The van der Waals surface area contributed by atoms with E-state index in [-0.39, 0.29) is 18.6 Å². The van der Waals surface area contributed by atoms with Gasteiger partial charge in [-0.05, 0) is 25.0 Å². The van der Waals surface area contributed by atoms with Gasteiger partial charge in [0.2, 0.25) is 0 Å². The van der Waals surface area contributed by atoms with E-state index in [1.807, 2.05) is 29.2 Å². The summed E-state index contributed by atoms with van der Waals surface area (Å²) in [6.45, 7) is 1.43. The Kier molecular flexibility index (Phi) is 5.79. The molecule has 1 aliphatic heterocycles. The minimum absolute atomic E-state index is 0.00523. The largest absolute Gasteiger partial charge is 0.395 e. The van der Waals surface area contributed by atoms with E-state index in [0.717, 1.165) is 24.9 Å². The summed E-state index contributed by atoms with van der Waals surface area (Å²) in [5, 5.41) is 8.79. The molecule has 1 heterocycles. The third-order valence-electron chi connectivity index (χ3n) is 3.62. The van der Waals surface area contributed by atoms with Crippen molar-refractivity contribution in [1.82, 2.24) is 4.90 Å². The highest BCUT2D eigenvalue weighted by atomic mass is 16.5. The first kappa shape index (κ1) is 15.6. The topological polar surface area (TPSA) is 49.8 Å². The summed E-state index contributed by atoms with van der Waals surface area (Å²) in [6.07, 6.45) is 2.49. The number of rotatable bonds is 3. The molecular weight excluding hydrogens is 266 g/mol. The second-order valence-electron chi connectivity index (χ2n) is 5.07. The van der Waals surface area contributed by atoms with Crippen molar-refractivity contribution in [3.63, 3.8) is 0 Å². The monoisotopic (exact) mass is 287 g/mol. The Balaban J connectivity index is 2.17. The van der Waals surface area contributed by atoms with Crippen LogP contribution in [-0.2, 0) is 4.74 Å². The molecule has 1 aromatic carbocycles. The summed E-state index contributed by atoms with van der Waals surface area (Å²) in [5.74, 6) is 5.85. The molecule has 1 aliphatic rings. The summed E-state index contributed by atoms with van der Waals surface area (Å²) in [6, 6.07) is 7.37. The summed E-state index contributed by atoms with van der Waals surface area (Å²) >= 11 is 0. The van der Waals surface area contributed by atoms with Crippen molar-refractivity contribution >= 4 is 5.91 Å². The summed E-state index contributed by atoms with van der Waals surface area (Å²) in [7, 11) is 1.69. The lowest BCUT2D eigenvalue weighted by molar-refractivity contribution is 0.0269. The molecule has 1 saturated heterocycles. The molecule has 2 rings (SSSR count). The minimum atomic E-state index is 0.00523. The van der Waals surface area contributed by atoms with E-state index in [0.29, 0.717) is 18.5 Å². The summed E-state index contributed by atoms with van der Waals surface area (Å²) in [4.78, 5) is 14.5. The molecule has 0 aromatic heterocycles. The predicted octanol–water partition coefficient (Wildman–Crippen LogP) is 1.67. The van der Waals surface area contributed by atoms with Crippen molar-refractivity contribution in [3.05, 3.63) is 35.4 Å².